The summed E-state index contributed by atoms with van der Waals surface area (Å²) in [4.78, 5) is 12.0. The molecule has 1 saturated carbocycles. The van der Waals surface area contributed by atoms with Crippen molar-refractivity contribution in [2.75, 3.05) is 13.2 Å². The first kappa shape index (κ1) is 13.9. The van der Waals surface area contributed by atoms with Gasteiger partial charge in [0.2, 0.25) is 0 Å². The molecule has 0 aromatic rings. The van der Waals surface area contributed by atoms with Gasteiger partial charge in [-0.1, -0.05) is 39.0 Å². The molecule has 0 radical (unpaired) electrons. The number of rotatable bonds is 7. The predicted molar refractivity (Wildman–Crippen MR) is 72.3 cm³/mol. The zero-order chi connectivity index (χ0) is 12.8. The number of ether oxygens (including phenoxy) is 1. The van der Waals surface area contributed by atoms with E-state index >= 15 is 0 Å². The molecule has 104 valence electrons. The Kier molecular flexibility index (Phi) is 5.48. The van der Waals surface area contributed by atoms with E-state index in [9.17, 15) is 4.79 Å². The summed E-state index contributed by atoms with van der Waals surface area (Å²) < 4.78 is 5.41. The van der Waals surface area contributed by atoms with Crippen molar-refractivity contribution in [3.05, 3.63) is 0 Å². The maximum absolute atomic E-state index is 12.0. The molecule has 3 heteroatoms. The van der Waals surface area contributed by atoms with E-state index in [-0.39, 0.29) is 12.0 Å². The normalized spacial score (nSPS) is 30.4. The molecule has 1 aliphatic heterocycles. The van der Waals surface area contributed by atoms with E-state index in [0.717, 1.165) is 18.9 Å². The van der Waals surface area contributed by atoms with Crippen LogP contribution in [0.25, 0.3) is 0 Å². The lowest BCUT2D eigenvalue weighted by atomic mass is 9.94. The molecule has 2 fully saturated rings. The summed E-state index contributed by atoms with van der Waals surface area (Å²) in [5.74, 6) is 1.28. The van der Waals surface area contributed by atoms with Crippen LogP contribution >= 0.6 is 0 Å². The molecule has 1 N–H and O–H groups in total. The van der Waals surface area contributed by atoms with Crippen molar-refractivity contribution < 1.29 is 9.53 Å². The van der Waals surface area contributed by atoms with Gasteiger partial charge in [0.05, 0.1) is 6.61 Å². The first-order valence-electron chi connectivity index (χ1n) is 7.73. The van der Waals surface area contributed by atoms with Gasteiger partial charge in [0.25, 0.3) is 0 Å². The second-order valence-corrected chi connectivity index (χ2v) is 5.82. The monoisotopic (exact) mass is 253 g/mol. The fourth-order valence-corrected chi connectivity index (χ4v) is 3.41. The van der Waals surface area contributed by atoms with Crippen LogP contribution in [0.1, 0.15) is 58.3 Å². The molecule has 1 saturated heterocycles. The lowest BCUT2D eigenvalue weighted by molar-refractivity contribution is -0.147. The number of hydrogen-bond acceptors (Lipinski definition) is 3. The molecule has 18 heavy (non-hydrogen) atoms. The number of fused-ring (bicyclic) bond motifs is 1. The zero-order valence-electron chi connectivity index (χ0n) is 11.6. The molecule has 3 atom stereocenters. The molecule has 2 rings (SSSR count). The molecule has 2 aliphatic rings. The molecule has 3 unspecified atom stereocenters. The Morgan fingerprint density at radius 3 is 2.89 bits per heavy atom. The minimum atomic E-state index is -0.00635. The van der Waals surface area contributed by atoms with Gasteiger partial charge >= 0.3 is 5.97 Å². The Morgan fingerprint density at radius 2 is 2.06 bits per heavy atom. The molecule has 1 aliphatic carbocycles. The molecule has 3 nitrogen and oxygen atoms in total. The van der Waals surface area contributed by atoms with Crippen LogP contribution in [-0.2, 0) is 9.53 Å². The third-order valence-electron chi connectivity index (χ3n) is 4.49. The van der Waals surface area contributed by atoms with Crippen LogP contribution in [0.2, 0.25) is 0 Å². The van der Waals surface area contributed by atoms with E-state index < -0.39 is 0 Å². The van der Waals surface area contributed by atoms with Crippen molar-refractivity contribution in [2.24, 2.45) is 11.8 Å². The van der Waals surface area contributed by atoms with E-state index in [1.54, 1.807) is 0 Å². The van der Waals surface area contributed by atoms with Crippen LogP contribution < -0.4 is 5.32 Å². The van der Waals surface area contributed by atoms with E-state index in [4.69, 9.17) is 4.74 Å². The summed E-state index contributed by atoms with van der Waals surface area (Å²) in [6.45, 7) is 3.84. The van der Waals surface area contributed by atoms with Crippen molar-refractivity contribution in [1.82, 2.24) is 5.32 Å². The fraction of sp³-hybridized carbons (Fsp3) is 0.933. The SMILES string of the molecule is CCCCCCCOC(=O)C1NCC2CCCC21. The standard InChI is InChI=1S/C15H27NO2/c1-2-3-4-5-6-10-18-15(17)14-13-9-7-8-12(13)11-16-14/h12-14,16H,2-11H2,1H3. The topological polar surface area (TPSA) is 38.3 Å². The molecule has 0 spiro atoms. The maximum Gasteiger partial charge on any atom is 0.323 e. The number of carbonyl (C=O) groups is 1. The third-order valence-corrected chi connectivity index (χ3v) is 4.49. The van der Waals surface area contributed by atoms with Gasteiger partial charge in [-0.3, -0.25) is 4.79 Å². The fourth-order valence-electron chi connectivity index (χ4n) is 3.41. The Hall–Kier alpha value is -0.570. The molecule has 0 aromatic carbocycles. The van der Waals surface area contributed by atoms with Gasteiger partial charge in [0.15, 0.2) is 0 Å². The smallest absolute Gasteiger partial charge is 0.323 e. The van der Waals surface area contributed by atoms with Crippen molar-refractivity contribution in [1.29, 1.82) is 0 Å². The average molecular weight is 253 g/mol. The van der Waals surface area contributed by atoms with Crippen molar-refractivity contribution in [2.45, 2.75) is 64.3 Å². The van der Waals surface area contributed by atoms with Crippen LogP contribution in [-0.4, -0.2) is 25.2 Å². The molecule has 1 heterocycles. The van der Waals surface area contributed by atoms with Gasteiger partial charge in [-0.25, -0.2) is 0 Å². The highest BCUT2D eigenvalue weighted by Gasteiger charge is 2.43. The Labute approximate surface area is 111 Å². The quantitative estimate of drug-likeness (QED) is 0.560. The Balaban J connectivity index is 1.60. The number of carbonyl (C=O) groups excluding carboxylic acids is 1. The Morgan fingerprint density at radius 1 is 1.22 bits per heavy atom. The van der Waals surface area contributed by atoms with Crippen molar-refractivity contribution >= 4 is 5.97 Å². The van der Waals surface area contributed by atoms with E-state index in [1.165, 1.54) is 44.9 Å². The average Bonchev–Trinajstić information content (AvgIpc) is 2.95. The van der Waals surface area contributed by atoms with Gasteiger partial charge in [0, 0.05) is 0 Å². The molecular weight excluding hydrogens is 226 g/mol. The summed E-state index contributed by atoms with van der Waals surface area (Å²) in [6, 6.07) is -0.00635. The Bertz CT molecular complexity index is 267. The maximum atomic E-state index is 12.0. The summed E-state index contributed by atoms with van der Waals surface area (Å²) in [7, 11) is 0. The van der Waals surface area contributed by atoms with Gasteiger partial charge in [-0.05, 0) is 37.6 Å². The van der Waals surface area contributed by atoms with Crippen LogP contribution in [0.5, 0.6) is 0 Å². The number of unbranched alkanes of at least 4 members (excludes halogenated alkanes) is 4. The zero-order valence-corrected chi connectivity index (χ0v) is 11.6. The summed E-state index contributed by atoms with van der Waals surface area (Å²) in [6.07, 6.45) is 9.80. The highest BCUT2D eigenvalue weighted by Crippen LogP contribution is 2.37. The highest BCUT2D eigenvalue weighted by molar-refractivity contribution is 5.76. The van der Waals surface area contributed by atoms with Gasteiger partial charge in [-0.2, -0.15) is 0 Å². The largest absolute Gasteiger partial charge is 0.465 e. The number of esters is 1. The van der Waals surface area contributed by atoms with Gasteiger partial charge in [0.1, 0.15) is 6.04 Å². The summed E-state index contributed by atoms with van der Waals surface area (Å²) in [5, 5.41) is 3.35. The lowest BCUT2D eigenvalue weighted by Gasteiger charge is -2.16. The molecular formula is C15H27NO2. The van der Waals surface area contributed by atoms with Crippen molar-refractivity contribution in [3.63, 3.8) is 0 Å². The van der Waals surface area contributed by atoms with E-state index in [1.807, 2.05) is 0 Å². The van der Waals surface area contributed by atoms with Crippen molar-refractivity contribution in [3.8, 4) is 0 Å². The lowest BCUT2D eigenvalue weighted by Crippen LogP contribution is -2.37. The van der Waals surface area contributed by atoms with Crippen LogP contribution in [0, 0.1) is 11.8 Å². The first-order chi connectivity index (χ1) is 8.83. The number of hydrogen-bond donors (Lipinski definition) is 1. The van der Waals surface area contributed by atoms with Crippen LogP contribution in [0.4, 0.5) is 0 Å². The van der Waals surface area contributed by atoms with E-state index in [0.29, 0.717) is 12.5 Å². The summed E-state index contributed by atoms with van der Waals surface area (Å²) >= 11 is 0. The van der Waals surface area contributed by atoms with Crippen LogP contribution in [0.3, 0.4) is 0 Å². The predicted octanol–water partition coefficient (Wildman–Crippen LogP) is 2.89. The van der Waals surface area contributed by atoms with Crippen LogP contribution in [0.15, 0.2) is 0 Å². The summed E-state index contributed by atoms with van der Waals surface area (Å²) in [5.41, 5.74) is 0. The molecule has 0 aromatic heterocycles. The second-order valence-electron chi connectivity index (χ2n) is 5.82. The minimum absolute atomic E-state index is 0.000100. The number of nitrogens with one attached hydrogen (secondary N) is 1. The van der Waals surface area contributed by atoms with E-state index in [2.05, 4.69) is 12.2 Å². The minimum Gasteiger partial charge on any atom is -0.465 e. The third kappa shape index (κ3) is 3.47. The highest BCUT2D eigenvalue weighted by atomic mass is 16.5. The first-order valence-corrected chi connectivity index (χ1v) is 7.73. The second kappa shape index (κ2) is 7.13. The van der Waals surface area contributed by atoms with Gasteiger partial charge < -0.3 is 10.1 Å². The molecule has 0 amide bonds. The molecule has 0 bridgehead atoms. The van der Waals surface area contributed by atoms with Gasteiger partial charge in [-0.15, -0.1) is 0 Å².